The van der Waals surface area contributed by atoms with E-state index in [9.17, 15) is 9.59 Å². The lowest BCUT2D eigenvalue weighted by molar-refractivity contribution is 0.596. The monoisotopic (exact) mass is 412 g/mol. The molecule has 0 bridgehead atoms. The number of aromatic amines is 2. The lowest BCUT2D eigenvalue weighted by Gasteiger charge is -2.24. The first-order valence-corrected chi connectivity index (χ1v) is 10.6. The topological polar surface area (TPSA) is 83.5 Å². The zero-order valence-corrected chi connectivity index (χ0v) is 17.4. The molecular weight excluding hydrogens is 388 g/mol. The van der Waals surface area contributed by atoms with Crippen molar-refractivity contribution in [2.75, 3.05) is 0 Å². The highest BCUT2D eigenvalue weighted by molar-refractivity contribution is 5.81. The molecule has 0 amide bonds. The number of imidazole rings is 1. The Labute approximate surface area is 179 Å². The molecule has 1 aliphatic carbocycles. The third-order valence-electron chi connectivity index (χ3n) is 6.21. The van der Waals surface area contributed by atoms with Gasteiger partial charge in [-0.2, -0.15) is 0 Å². The number of hydrogen-bond donors (Lipinski definition) is 2. The Hall–Kier alpha value is -3.67. The summed E-state index contributed by atoms with van der Waals surface area (Å²) >= 11 is 0. The number of rotatable bonds is 4. The van der Waals surface area contributed by atoms with Gasteiger partial charge in [-0.25, -0.2) is 9.78 Å². The molecule has 0 aliphatic heterocycles. The minimum atomic E-state index is -0.437. The number of aryl methyl sites for hydroxylation is 1. The zero-order valence-electron chi connectivity index (χ0n) is 17.4. The first-order chi connectivity index (χ1) is 15.1. The van der Waals surface area contributed by atoms with Crippen molar-refractivity contribution in [1.82, 2.24) is 19.5 Å². The molecule has 0 saturated carbocycles. The van der Waals surface area contributed by atoms with Gasteiger partial charge in [0, 0.05) is 30.6 Å². The van der Waals surface area contributed by atoms with E-state index >= 15 is 0 Å². The van der Waals surface area contributed by atoms with Crippen molar-refractivity contribution >= 4 is 16.6 Å². The molecule has 1 unspecified atom stereocenters. The fourth-order valence-electron chi connectivity index (χ4n) is 4.54. The van der Waals surface area contributed by atoms with E-state index in [0.29, 0.717) is 12.0 Å². The molecule has 0 fully saturated rings. The fourth-order valence-corrected chi connectivity index (χ4v) is 4.54. The summed E-state index contributed by atoms with van der Waals surface area (Å²) < 4.78 is 2.03. The van der Waals surface area contributed by atoms with Gasteiger partial charge in [0.1, 0.15) is 0 Å². The maximum Gasteiger partial charge on any atom is 0.325 e. The maximum absolute atomic E-state index is 12.6. The lowest BCUT2D eigenvalue weighted by atomic mass is 9.83. The molecule has 2 aromatic heterocycles. The van der Waals surface area contributed by atoms with Crippen LogP contribution in [-0.4, -0.2) is 19.5 Å². The Bertz CT molecular complexity index is 1390. The van der Waals surface area contributed by atoms with Crippen LogP contribution in [0, 0.1) is 0 Å². The van der Waals surface area contributed by atoms with Gasteiger partial charge in [-0.05, 0) is 48.1 Å². The number of aromatic nitrogens is 4. The van der Waals surface area contributed by atoms with Crippen LogP contribution in [0.4, 0.5) is 0 Å². The van der Waals surface area contributed by atoms with Crippen LogP contribution in [0.15, 0.2) is 70.5 Å². The molecule has 0 spiro atoms. The number of nitrogens with zero attached hydrogens (tertiary/aromatic N) is 2. The molecule has 2 aromatic carbocycles. The Morgan fingerprint density at radius 2 is 1.94 bits per heavy atom. The first-order valence-electron chi connectivity index (χ1n) is 10.6. The SMILES string of the molecule is Cn1cnc2ccc(C3=CCC(c4[nH]c(=O)[nH]c(=O)c4Cc4ccccc4)CC3)cc21. The van der Waals surface area contributed by atoms with E-state index in [-0.39, 0.29) is 11.5 Å². The highest BCUT2D eigenvalue weighted by Crippen LogP contribution is 2.36. The van der Waals surface area contributed by atoms with Gasteiger partial charge >= 0.3 is 5.69 Å². The van der Waals surface area contributed by atoms with Crippen molar-refractivity contribution in [3.63, 3.8) is 0 Å². The molecule has 2 N–H and O–H groups in total. The fraction of sp³-hybridized carbons (Fsp3) is 0.240. The lowest BCUT2D eigenvalue weighted by Crippen LogP contribution is -2.29. The molecule has 31 heavy (non-hydrogen) atoms. The van der Waals surface area contributed by atoms with Gasteiger partial charge in [0.2, 0.25) is 0 Å². The van der Waals surface area contributed by atoms with Gasteiger partial charge < -0.3 is 9.55 Å². The number of nitrogens with one attached hydrogen (secondary N) is 2. The van der Waals surface area contributed by atoms with Gasteiger partial charge in [0.15, 0.2) is 0 Å². The highest BCUT2D eigenvalue weighted by Gasteiger charge is 2.23. The minimum Gasteiger partial charge on any atom is -0.334 e. The molecule has 0 saturated heterocycles. The van der Waals surface area contributed by atoms with Gasteiger partial charge in [0.05, 0.1) is 17.4 Å². The normalized spacial score (nSPS) is 16.4. The summed E-state index contributed by atoms with van der Waals surface area (Å²) in [5.41, 5.74) is 6.37. The number of hydrogen-bond acceptors (Lipinski definition) is 3. The maximum atomic E-state index is 12.6. The van der Waals surface area contributed by atoms with Crippen molar-refractivity contribution in [2.24, 2.45) is 7.05 Å². The van der Waals surface area contributed by atoms with Crippen molar-refractivity contribution in [1.29, 1.82) is 0 Å². The molecule has 4 aromatic rings. The molecule has 156 valence electrons. The molecule has 1 aliphatic rings. The minimum absolute atomic E-state index is 0.123. The Morgan fingerprint density at radius 1 is 1.10 bits per heavy atom. The first kappa shape index (κ1) is 19.3. The highest BCUT2D eigenvalue weighted by atomic mass is 16.2. The molecule has 2 heterocycles. The molecule has 0 radical (unpaired) electrons. The summed E-state index contributed by atoms with van der Waals surface area (Å²) in [5, 5.41) is 0. The van der Waals surface area contributed by atoms with Crippen LogP contribution >= 0.6 is 0 Å². The second-order valence-electron chi connectivity index (χ2n) is 8.22. The smallest absolute Gasteiger partial charge is 0.325 e. The third kappa shape index (κ3) is 3.77. The van der Waals surface area contributed by atoms with E-state index in [0.717, 1.165) is 41.6 Å². The predicted octanol–water partition coefficient (Wildman–Crippen LogP) is 3.89. The summed E-state index contributed by atoms with van der Waals surface area (Å²) in [4.78, 5) is 34.4. The molecule has 1 atom stereocenters. The third-order valence-corrected chi connectivity index (χ3v) is 6.21. The average Bonchev–Trinajstić information content (AvgIpc) is 3.16. The van der Waals surface area contributed by atoms with Gasteiger partial charge in [0.25, 0.3) is 5.56 Å². The van der Waals surface area contributed by atoms with Crippen molar-refractivity contribution in [3.8, 4) is 0 Å². The van der Waals surface area contributed by atoms with Gasteiger partial charge in [-0.15, -0.1) is 0 Å². The number of fused-ring (bicyclic) bond motifs is 1. The van der Waals surface area contributed by atoms with Gasteiger partial charge in [-0.1, -0.05) is 42.5 Å². The van der Waals surface area contributed by atoms with Crippen molar-refractivity contribution < 1.29 is 0 Å². The molecule has 6 nitrogen and oxygen atoms in total. The number of H-pyrrole nitrogens is 2. The van der Waals surface area contributed by atoms with Crippen LogP contribution in [-0.2, 0) is 13.5 Å². The van der Waals surface area contributed by atoms with Crippen LogP contribution < -0.4 is 11.2 Å². The van der Waals surface area contributed by atoms with Gasteiger partial charge in [-0.3, -0.25) is 9.78 Å². The van der Waals surface area contributed by atoms with Crippen LogP contribution in [0.25, 0.3) is 16.6 Å². The number of benzene rings is 2. The predicted molar refractivity (Wildman–Crippen MR) is 122 cm³/mol. The Morgan fingerprint density at radius 3 is 2.71 bits per heavy atom. The molecule has 6 heteroatoms. The average molecular weight is 412 g/mol. The second-order valence-corrected chi connectivity index (χ2v) is 8.22. The summed E-state index contributed by atoms with van der Waals surface area (Å²) in [5.74, 6) is 0.123. The molecule has 5 rings (SSSR count). The summed E-state index contributed by atoms with van der Waals surface area (Å²) in [6.45, 7) is 0. The van der Waals surface area contributed by atoms with Crippen molar-refractivity contribution in [2.45, 2.75) is 31.6 Å². The van der Waals surface area contributed by atoms with E-state index in [1.54, 1.807) is 0 Å². The standard InChI is InChI=1S/C25H24N4O2/c1-29-15-26-21-12-11-19(14-22(21)29)17-7-9-18(10-8-17)23-20(24(30)28-25(31)27-23)13-16-5-3-2-4-6-16/h2-7,11-12,14-15,18H,8-10,13H2,1H3,(H2,27,28,30,31). The van der Waals surface area contributed by atoms with Crippen molar-refractivity contribution in [3.05, 3.63) is 104 Å². The van der Waals surface area contributed by atoms with Crippen LogP contribution in [0.2, 0.25) is 0 Å². The second kappa shape index (κ2) is 7.87. The largest absolute Gasteiger partial charge is 0.334 e. The van der Waals surface area contributed by atoms with Crippen LogP contribution in [0.5, 0.6) is 0 Å². The van der Waals surface area contributed by atoms with E-state index in [1.807, 2.05) is 48.3 Å². The summed E-state index contributed by atoms with van der Waals surface area (Å²) in [6.07, 6.45) is 7.16. The Balaban J connectivity index is 1.45. The number of allylic oxidation sites excluding steroid dienone is 2. The zero-order chi connectivity index (χ0) is 21.4. The van der Waals surface area contributed by atoms with E-state index < -0.39 is 5.69 Å². The quantitative estimate of drug-likeness (QED) is 0.533. The van der Waals surface area contributed by atoms with E-state index in [1.165, 1.54) is 11.1 Å². The molecular formula is C25H24N4O2. The van der Waals surface area contributed by atoms with Crippen LogP contribution in [0.1, 0.15) is 47.6 Å². The van der Waals surface area contributed by atoms with E-state index in [4.69, 9.17) is 0 Å². The summed E-state index contributed by atoms with van der Waals surface area (Å²) in [6, 6.07) is 16.3. The van der Waals surface area contributed by atoms with Crippen LogP contribution in [0.3, 0.4) is 0 Å². The van der Waals surface area contributed by atoms with E-state index in [2.05, 4.69) is 39.2 Å². The summed E-state index contributed by atoms with van der Waals surface area (Å²) in [7, 11) is 2.00. The Kier molecular flexibility index (Phi) is 4.90.